The Balaban J connectivity index is 0.000000258. The molecule has 1 fully saturated rings. The van der Waals surface area contributed by atoms with Crippen molar-refractivity contribution in [2.75, 3.05) is 24.3 Å². The van der Waals surface area contributed by atoms with Crippen molar-refractivity contribution in [2.45, 2.75) is 38.2 Å². The summed E-state index contributed by atoms with van der Waals surface area (Å²) in [4.78, 5) is 28.3. The second-order valence-electron chi connectivity index (χ2n) is 7.12. The second kappa shape index (κ2) is 9.40. The summed E-state index contributed by atoms with van der Waals surface area (Å²) in [5.41, 5.74) is 2.17. The van der Waals surface area contributed by atoms with Gasteiger partial charge in [0.25, 0.3) is 0 Å². The maximum Gasteiger partial charge on any atom is 0.244 e. The number of hydrogen-bond acceptors (Lipinski definition) is 8. The molecule has 3 N–H and O–H groups in total. The number of rotatable bonds is 3. The molecule has 3 aromatic heterocycles. The molecule has 1 amide bonds. The lowest BCUT2D eigenvalue weighted by molar-refractivity contribution is -0.114. The van der Waals surface area contributed by atoms with Crippen molar-refractivity contribution in [3.05, 3.63) is 30.9 Å². The van der Waals surface area contributed by atoms with Crippen molar-refractivity contribution >= 4 is 17.5 Å². The topological polar surface area (TPSA) is 131 Å². The van der Waals surface area contributed by atoms with Crippen LogP contribution in [0.1, 0.15) is 33.5 Å². The quantitative estimate of drug-likeness (QED) is 0.601. The number of amides is 1. The fourth-order valence-electron chi connectivity index (χ4n) is 3.40. The predicted molar refractivity (Wildman–Crippen MR) is 114 cm³/mol. The van der Waals surface area contributed by atoms with Gasteiger partial charge in [-0.3, -0.25) is 14.9 Å². The van der Waals surface area contributed by atoms with Crippen LogP contribution in [-0.2, 0) is 9.53 Å². The minimum Gasteiger partial charge on any atom is -0.381 e. The van der Waals surface area contributed by atoms with E-state index in [-0.39, 0.29) is 13.9 Å². The zero-order valence-electron chi connectivity index (χ0n) is 16.8. The minimum absolute atomic E-state index is 0. The van der Waals surface area contributed by atoms with Gasteiger partial charge in [-0.2, -0.15) is 5.10 Å². The maximum atomic E-state index is 11.3. The molecule has 10 heteroatoms. The van der Waals surface area contributed by atoms with Gasteiger partial charge in [-0.05, 0) is 25.0 Å². The van der Waals surface area contributed by atoms with Crippen LogP contribution >= 0.6 is 0 Å². The normalized spacial score (nSPS) is 16.0. The van der Waals surface area contributed by atoms with E-state index >= 15 is 0 Å². The minimum atomic E-state index is -0.132. The van der Waals surface area contributed by atoms with Crippen molar-refractivity contribution in [1.29, 1.82) is 0 Å². The van der Waals surface area contributed by atoms with Gasteiger partial charge in [0.05, 0.1) is 24.5 Å². The summed E-state index contributed by atoms with van der Waals surface area (Å²) < 4.78 is 5.19. The number of aromatic amines is 1. The van der Waals surface area contributed by atoms with Crippen LogP contribution < -0.4 is 10.6 Å². The van der Waals surface area contributed by atoms with Crippen LogP contribution in [0.3, 0.4) is 0 Å². The SMILES string of the molecule is COC1CCCCC1.O=C1CNc2nc(-c3ccc(-c4ncn[nH]4)nc3)cnc2N1.[HH]. The molecule has 0 spiro atoms. The summed E-state index contributed by atoms with van der Waals surface area (Å²) in [6.07, 6.45) is 12.0. The Bertz CT molecular complexity index is 975. The molecule has 0 bridgehead atoms. The van der Waals surface area contributed by atoms with E-state index in [4.69, 9.17) is 4.74 Å². The maximum absolute atomic E-state index is 11.3. The van der Waals surface area contributed by atoms with Crippen LogP contribution in [0.25, 0.3) is 22.8 Å². The molecule has 0 atom stereocenters. The number of fused-ring (bicyclic) bond motifs is 1. The molecule has 2 aliphatic rings. The van der Waals surface area contributed by atoms with Gasteiger partial charge in [0.15, 0.2) is 17.5 Å². The number of nitrogens with zero attached hydrogens (tertiary/aromatic N) is 5. The molecular weight excluding hydrogens is 384 g/mol. The van der Waals surface area contributed by atoms with Gasteiger partial charge in [0.1, 0.15) is 12.0 Å². The number of anilines is 2. The summed E-state index contributed by atoms with van der Waals surface area (Å²) in [5.74, 6) is 1.46. The van der Waals surface area contributed by atoms with E-state index < -0.39 is 0 Å². The van der Waals surface area contributed by atoms with Crippen LogP contribution in [0, 0.1) is 0 Å². The lowest BCUT2D eigenvalue weighted by atomic mass is 9.98. The highest BCUT2D eigenvalue weighted by molar-refractivity contribution is 5.98. The highest BCUT2D eigenvalue weighted by Crippen LogP contribution is 2.25. The Morgan fingerprint density at radius 2 is 1.90 bits per heavy atom. The van der Waals surface area contributed by atoms with Crippen LogP contribution in [0.5, 0.6) is 0 Å². The molecule has 0 saturated heterocycles. The van der Waals surface area contributed by atoms with E-state index in [1.807, 2.05) is 19.2 Å². The van der Waals surface area contributed by atoms with Gasteiger partial charge in [-0.1, -0.05) is 19.3 Å². The monoisotopic (exact) mass is 410 g/mol. The van der Waals surface area contributed by atoms with Gasteiger partial charge < -0.3 is 15.4 Å². The highest BCUT2D eigenvalue weighted by atomic mass is 16.5. The third-order valence-electron chi connectivity index (χ3n) is 5.05. The number of pyridine rings is 1. The standard InChI is InChI=1S/C13H10N8O.C7H14O.H2/c22-10-5-16-12-13(20-10)15-4-9(19-12)7-1-2-8(14-3-7)11-17-6-18-21-11;1-8-7-5-3-2-4-6-7;/h1-4,6H,5H2,(H,16,19)(H,15,20,22)(H,17,18,21);7H,2-6H2,1H3;1H. The first kappa shape index (κ1) is 19.9. The first-order chi connectivity index (χ1) is 14.7. The molecule has 0 radical (unpaired) electrons. The van der Waals surface area contributed by atoms with Crippen LogP contribution in [0.4, 0.5) is 11.6 Å². The Morgan fingerprint density at radius 3 is 2.57 bits per heavy atom. The van der Waals surface area contributed by atoms with E-state index in [1.54, 1.807) is 12.4 Å². The number of aromatic nitrogens is 6. The third kappa shape index (κ3) is 4.77. The molecule has 0 unspecified atom stereocenters. The van der Waals surface area contributed by atoms with Crippen LogP contribution in [-0.4, -0.2) is 55.8 Å². The lowest BCUT2D eigenvalue weighted by Crippen LogP contribution is -2.28. The first-order valence-corrected chi connectivity index (χ1v) is 9.98. The molecule has 3 aromatic rings. The summed E-state index contributed by atoms with van der Waals surface area (Å²) in [6, 6.07) is 3.70. The fourth-order valence-corrected chi connectivity index (χ4v) is 3.40. The molecule has 1 aliphatic carbocycles. The Labute approximate surface area is 175 Å². The van der Waals surface area contributed by atoms with Gasteiger partial charge >= 0.3 is 0 Å². The molecule has 1 saturated carbocycles. The Hall–Kier alpha value is -3.40. The zero-order valence-corrected chi connectivity index (χ0v) is 16.8. The van der Waals surface area contributed by atoms with Crippen molar-refractivity contribution in [3.63, 3.8) is 0 Å². The molecule has 4 heterocycles. The summed E-state index contributed by atoms with van der Waals surface area (Å²) in [6.45, 7) is 0.188. The molecule has 158 valence electrons. The zero-order chi connectivity index (χ0) is 20.8. The van der Waals surface area contributed by atoms with Crippen LogP contribution in [0.2, 0.25) is 0 Å². The molecular formula is C20H26N8O2. The van der Waals surface area contributed by atoms with Crippen molar-refractivity contribution in [3.8, 4) is 22.8 Å². The largest absolute Gasteiger partial charge is 0.381 e. The number of methoxy groups -OCH3 is 1. The van der Waals surface area contributed by atoms with E-state index in [0.29, 0.717) is 35.0 Å². The highest BCUT2D eigenvalue weighted by Gasteiger charge is 2.17. The first-order valence-electron chi connectivity index (χ1n) is 9.98. The number of H-pyrrole nitrogens is 1. The van der Waals surface area contributed by atoms with Gasteiger partial charge in [-0.25, -0.2) is 15.0 Å². The van der Waals surface area contributed by atoms with Crippen LogP contribution in [0.15, 0.2) is 30.9 Å². The number of nitrogens with one attached hydrogen (secondary N) is 3. The third-order valence-corrected chi connectivity index (χ3v) is 5.05. The Kier molecular flexibility index (Phi) is 6.23. The summed E-state index contributed by atoms with van der Waals surface area (Å²) >= 11 is 0. The molecule has 5 rings (SSSR count). The van der Waals surface area contributed by atoms with Gasteiger partial charge in [0, 0.05) is 20.3 Å². The van der Waals surface area contributed by atoms with Crippen molar-refractivity contribution in [1.82, 2.24) is 30.1 Å². The molecule has 30 heavy (non-hydrogen) atoms. The Morgan fingerprint density at radius 1 is 1.03 bits per heavy atom. The average Bonchev–Trinajstić information content (AvgIpc) is 3.35. The van der Waals surface area contributed by atoms with Gasteiger partial charge in [0.2, 0.25) is 5.91 Å². The van der Waals surface area contributed by atoms with E-state index in [1.165, 1.54) is 38.4 Å². The average molecular weight is 410 g/mol. The number of carbonyl (C=O) groups excluding carboxylic acids is 1. The number of carbonyl (C=O) groups is 1. The van der Waals surface area contributed by atoms with E-state index in [9.17, 15) is 4.79 Å². The number of hydrogen-bond donors (Lipinski definition) is 3. The van der Waals surface area contributed by atoms with Crippen molar-refractivity contribution in [2.24, 2.45) is 0 Å². The fraction of sp³-hybridized carbons (Fsp3) is 0.400. The lowest BCUT2D eigenvalue weighted by Gasteiger charge is -2.19. The predicted octanol–water partition coefficient (Wildman–Crippen LogP) is 2.90. The number of ether oxygens (including phenoxy) is 1. The van der Waals surface area contributed by atoms with E-state index in [2.05, 4.69) is 40.8 Å². The second-order valence-corrected chi connectivity index (χ2v) is 7.12. The smallest absolute Gasteiger partial charge is 0.244 e. The van der Waals surface area contributed by atoms with Gasteiger partial charge in [-0.15, -0.1) is 0 Å². The molecule has 1 aliphatic heterocycles. The molecule has 10 nitrogen and oxygen atoms in total. The molecule has 0 aromatic carbocycles. The summed E-state index contributed by atoms with van der Waals surface area (Å²) in [7, 11) is 1.82. The van der Waals surface area contributed by atoms with Crippen molar-refractivity contribution < 1.29 is 11.0 Å². The summed E-state index contributed by atoms with van der Waals surface area (Å²) in [5, 5.41) is 12.1. The van der Waals surface area contributed by atoms with E-state index in [0.717, 1.165) is 5.56 Å².